The predicted octanol–water partition coefficient (Wildman–Crippen LogP) is 2.16. The molecular weight excluding hydrogens is 288 g/mol. The molecule has 0 aromatic heterocycles. The number of benzene rings is 1. The Balaban J connectivity index is 2.63. The van der Waals surface area contributed by atoms with Crippen LogP contribution in [0.15, 0.2) is 22.7 Å². The van der Waals surface area contributed by atoms with Crippen LogP contribution in [0.4, 0.5) is 0 Å². The van der Waals surface area contributed by atoms with Crippen molar-refractivity contribution in [3.63, 3.8) is 0 Å². The van der Waals surface area contributed by atoms with E-state index in [1.165, 1.54) is 0 Å². The lowest BCUT2D eigenvalue weighted by Crippen LogP contribution is -2.27. The van der Waals surface area contributed by atoms with E-state index in [0.29, 0.717) is 23.5 Å². The molecule has 1 aromatic rings. The van der Waals surface area contributed by atoms with Gasteiger partial charge in [0.25, 0.3) is 5.91 Å². The number of rotatable bonds is 4. The lowest BCUT2D eigenvalue weighted by Gasteiger charge is -2.06. The van der Waals surface area contributed by atoms with Crippen molar-refractivity contribution in [2.45, 2.75) is 13.3 Å². The molecule has 0 aliphatic heterocycles. The molecule has 0 radical (unpaired) electrons. The van der Waals surface area contributed by atoms with Crippen LogP contribution in [0.2, 0.25) is 0 Å². The van der Waals surface area contributed by atoms with Gasteiger partial charge in [-0.05, 0) is 40.5 Å². The molecule has 0 spiro atoms. The second kappa shape index (κ2) is 5.96. The van der Waals surface area contributed by atoms with Gasteiger partial charge >= 0.3 is 0 Å². The Bertz CT molecular complexity index is 420. The first kappa shape index (κ1) is 13.1. The summed E-state index contributed by atoms with van der Waals surface area (Å²) in [5.41, 5.74) is 7.06. The molecule has 1 amide bonds. The van der Waals surface area contributed by atoms with Gasteiger partial charge in [-0.1, -0.05) is 18.3 Å². The Hall–Kier alpha value is -0.940. The number of carbonyl (C=O) groups is 1. The molecule has 5 heteroatoms. The molecule has 1 rings (SSSR count). The second-order valence-corrected chi connectivity index (χ2v) is 4.83. The topological polar surface area (TPSA) is 55.1 Å². The first-order valence-corrected chi connectivity index (χ1v) is 6.03. The number of carbonyl (C=O) groups excluding carboxylic acids is 1. The smallest absolute Gasteiger partial charge is 0.252 e. The Morgan fingerprint density at radius 2 is 2.25 bits per heavy atom. The summed E-state index contributed by atoms with van der Waals surface area (Å²) in [6.45, 7) is 2.44. The zero-order valence-corrected chi connectivity index (χ0v) is 11.3. The molecule has 0 aliphatic carbocycles. The van der Waals surface area contributed by atoms with E-state index in [-0.39, 0.29) is 5.91 Å². The van der Waals surface area contributed by atoms with Gasteiger partial charge in [0.1, 0.15) is 0 Å². The molecular formula is C11H13BrN2OS. The highest BCUT2D eigenvalue weighted by Gasteiger charge is 2.08. The highest BCUT2D eigenvalue weighted by Crippen LogP contribution is 2.18. The van der Waals surface area contributed by atoms with E-state index in [4.69, 9.17) is 18.0 Å². The van der Waals surface area contributed by atoms with Crippen LogP contribution in [-0.2, 0) is 0 Å². The summed E-state index contributed by atoms with van der Waals surface area (Å²) >= 11 is 8.08. The van der Waals surface area contributed by atoms with E-state index < -0.39 is 0 Å². The number of hydrogen-bond donors (Lipinski definition) is 2. The number of aryl methyl sites for hydroxylation is 1. The van der Waals surface area contributed by atoms with Crippen molar-refractivity contribution in [2.75, 3.05) is 6.54 Å². The van der Waals surface area contributed by atoms with Crippen LogP contribution in [0.5, 0.6) is 0 Å². The van der Waals surface area contributed by atoms with Crippen molar-refractivity contribution in [3.05, 3.63) is 33.8 Å². The van der Waals surface area contributed by atoms with Crippen LogP contribution in [0.25, 0.3) is 0 Å². The minimum atomic E-state index is -0.122. The zero-order valence-electron chi connectivity index (χ0n) is 8.92. The maximum Gasteiger partial charge on any atom is 0.252 e. The molecule has 0 saturated heterocycles. The van der Waals surface area contributed by atoms with Gasteiger partial charge < -0.3 is 11.1 Å². The number of nitrogens with two attached hydrogens (primary N) is 1. The van der Waals surface area contributed by atoms with Crippen molar-refractivity contribution >= 4 is 39.0 Å². The fraction of sp³-hybridized carbons (Fsp3) is 0.273. The molecule has 0 bridgehead atoms. The Morgan fingerprint density at radius 3 is 2.81 bits per heavy atom. The van der Waals surface area contributed by atoms with Crippen LogP contribution in [0.1, 0.15) is 22.3 Å². The summed E-state index contributed by atoms with van der Waals surface area (Å²) < 4.78 is 0.792. The summed E-state index contributed by atoms with van der Waals surface area (Å²) in [5, 5.41) is 2.75. The Kier molecular flexibility index (Phi) is 4.89. The van der Waals surface area contributed by atoms with Crippen LogP contribution >= 0.6 is 28.1 Å². The highest BCUT2D eigenvalue weighted by atomic mass is 79.9. The SMILES string of the molecule is Cc1ccc(C(=O)NCCC(N)=S)c(Br)c1. The van der Waals surface area contributed by atoms with Gasteiger partial charge in [0.05, 0.1) is 10.6 Å². The Labute approximate surface area is 109 Å². The van der Waals surface area contributed by atoms with Crippen molar-refractivity contribution in [1.29, 1.82) is 0 Å². The van der Waals surface area contributed by atoms with Crippen molar-refractivity contribution in [2.24, 2.45) is 5.73 Å². The van der Waals surface area contributed by atoms with Crippen molar-refractivity contribution in [3.8, 4) is 0 Å². The van der Waals surface area contributed by atoms with Crippen LogP contribution in [0, 0.1) is 6.92 Å². The fourth-order valence-corrected chi connectivity index (χ4v) is 1.97. The maximum atomic E-state index is 11.7. The third kappa shape index (κ3) is 3.90. The molecule has 0 aliphatic rings. The van der Waals surface area contributed by atoms with Gasteiger partial charge in [-0.3, -0.25) is 4.79 Å². The van der Waals surface area contributed by atoms with Gasteiger partial charge in [0.2, 0.25) is 0 Å². The first-order valence-electron chi connectivity index (χ1n) is 4.83. The van der Waals surface area contributed by atoms with Gasteiger partial charge in [-0.15, -0.1) is 0 Å². The molecule has 0 atom stereocenters. The molecule has 3 N–H and O–H groups in total. The van der Waals surface area contributed by atoms with Crippen LogP contribution in [-0.4, -0.2) is 17.4 Å². The summed E-state index contributed by atoms with van der Waals surface area (Å²) in [7, 11) is 0. The van der Waals surface area contributed by atoms with Crippen molar-refractivity contribution < 1.29 is 4.79 Å². The zero-order chi connectivity index (χ0) is 12.1. The third-order valence-corrected chi connectivity index (χ3v) is 2.89. The lowest BCUT2D eigenvalue weighted by atomic mass is 10.1. The quantitative estimate of drug-likeness (QED) is 0.838. The fourth-order valence-electron chi connectivity index (χ4n) is 1.20. The second-order valence-electron chi connectivity index (χ2n) is 3.46. The van der Waals surface area contributed by atoms with Gasteiger partial charge in [-0.25, -0.2) is 0 Å². The van der Waals surface area contributed by atoms with Crippen LogP contribution < -0.4 is 11.1 Å². The van der Waals surface area contributed by atoms with E-state index in [1.54, 1.807) is 6.07 Å². The normalized spacial score (nSPS) is 9.88. The number of halogens is 1. The number of nitrogens with one attached hydrogen (secondary N) is 1. The molecule has 1 aromatic carbocycles. The number of thiocarbonyl (C=S) groups is 1. The molecule has 16 heavy (non-hydrogen) atoms. The van der Waals surface area contributed by atoms with E-state index in [1.807, 2.05) is 19.1 Å². The molecule has 0 saturated carbocycles. The third-order valence-electron chi connectivity index (χ3n) is 2.03. The van der Waals surface area contributed by atoms with Gasteiger partial charge in [0, 0.05) is 17.4 Å². The molecule has 86 valence electrons. The number of amides is 1. The Morgan fingerprint density at radius 1 is 1.56 bits per heavy atom. The lowest BCUT2D eigenvalue weighted by molar-refractivity contribution is 0.0954. The van der Waals surface area contributed by atoms with E-state index >= 15 is 0 Å². The summed E-state index contributed by atoms with van der Waals surface area (Å²) in [6, 6.07) is 5.59. The maximum absolute atomic E-state index is 11.7. The number of hydrogen-bond acceptors (Lipinski definition) is 2. The van der Waals surface area contributed by atoms with Crippen LogP contribution in [0.3, 0.4) is 0 Å². The van der Waals surface area contributed by atoms with E-state index in [9.17, 15) is 4.79 Å². The molecule has 0 heterocycles. The van der Waals surface area contributed by atoms with Gasteiger partial charge in [-0.2, -0.15) is 0 Å². The summed E-state index contributed by atoms with van der Waals surface area (Å²) in [5.74, 6) is -0.122. The van der Waals surface area contributed by atoms with Crippen molar-refractivity contribution in [1.82, 2.24) is 5.32 Å². The monoisotopic (exact) mass is 300 g/mol. The predicted molar refractivity (Wildman–Crippen MR) is 72.6 cm³/mol. The van der Waals surface area contributed by atoms with Gasteiger partial charge in [0.15, 0.2) is 0 Å². The minimum absolute atomic E-state index is 0.122. The first-order chi connectivity index (χ1) is 7.50. The summed E-state index contributed by atoms with van der Waals surface area (Å²) in [4.78, 5) is 12.1. The highest BCUT2D eigenvalue weighted by molar-refractivity contribution is 9.10. The molecule has 0 fully saturated rings. The molecule has 3 nitrogen and oxygen atoms in total. The standard InChI is InChI=1S/C11H13BrN2OS/c1-7-2-3-8(9(12)6-7)11(15)14-5-4-10(13)16/h2-3,6H,4-5H2,1H3,(H2,13,16)(H,14,15). The average Bonchev–Trinajstić information content (AvgIpc) is 2.16. The largest absolute Gasteiger partial charge is 0.393 e. The molecule has 0 unspecified atom stereocenters. The van der Waals surface area contributed by atoms with E-state index in [2.05, 4.69) is 21.2 Å². The minimum Gasteiger partial charge on any atom is -0.393 e. The summed E-state index contributed by atoms with van der Waals surface area (Å²) in [6.07, 6.45) is 0.518. The van der Waals surface area contributed by atoms with E-state index in [0.717, 1.165) is 10.0 Å². The average molecular weight is 301 g/mol.